The average molecular weight is 530 g/mol. The number of pyridine rings is 1. The molecule has 39 heavy (non-hydrogen) atoms. The third kappa shape index (κ3) is 6.42. The smallest absolute Gasteiger partial charge is 0.255 e. The number of hydrogen-bond acceptors (Lipinski definition) is 7. The van der Waals surface area contributed by atoms with Gasteiger partial charge in [-0.05, 0) is 61.5 Å². The van der Waals surface area contributed by atoms with E-state index >= 15 is 0 Å². The first-order chi connectivity index (χ1) is 18.9. The molecule has 0 aliphatic carbocycles. The van der Waals surface area contributed by atoms with Gasteiger partial charge in [0.2, 0.25) is 5.95 Å². The van der Waals surface area contributed by atoms with Crippen molar-refractivity contribution in [3.63, 3.8) is 0 Å². The lowest BCUT2D eigenvalue weighted by Gasteiger charge is -2.32. The van der Waals surface area contributed by atoms with Crippen molar-refractivity contribution in [1.29, 1.82) is 0 Å². The number of halogens is 2. The highest BCUT2D eigenvalue weighted by Crippen LogP contribution is 2.25. The monoisotopic (exact) mass is 529 g/mol. The van der Waals surface area contributed by atoms with Crippen molar-refractivity contribution in [1.82, 2.24) is 24.8 Å². The number of piperazine rings is 1. The number of aromatic nitrogens is 3. The molecule has 0 saturated carbocycles. The summed E-state index contributed by atoms with van der Waals surface area (Å²) in [5.74, 6) is -1.67. The Balaban J connectivity index is 1.27. The lowest BCUT2D eigenvalue weighted by Crippen LogP contribution is -2.43. The van der Waals surface area contributed by atoms with E-state index in [1.807, 2.05) is 19.1 Å². The predicted octanol–water partition coefficient (Wildman–Crippen LogP) is 4.87. The summed E-state index contributed by atoms with van der Waals surface area (Å²) in [5.41, 5.74) is 3.53. The van der Waals surface area contributed by atoms with Gasteiger partial charge in [-0.3, -0.25) is 14.7 Å². The average Bonchev–Trinajstić information content (AvgIpc) is 2.94. The van der Waals surface area contributed by atoms with Crippen LogP contribution in [0, 0.1) is 18.6 Å². The van der Waals surface area contributed by atoms with Gasteiger partial charge in [-0.2, -0.15) is 0 Å². The zero-order chi connectivity index (χ0) is 27.4. The van der Waals surface area contributed by atoms with Gasteiger partial charge in [0, 0.05) is 61.9 Å². The molecule has 0 radical (unpaired) electrons. The highest BCUT2D eigenvalue weighted by atomic mass is 19.1. The number of hydrogen-bond donors (Lipinski definition) is 2. The molecule has 2 aromatic heterocycles. The number of benzene rings is 2. The van der Waals surface area contributed by atoms with Crippen LogP contribution in [0.5, 0.6) is 0 Å². The lowest BCUT2D eigenvalue weighted by atomic mass is 10.1. The highest BCUT2D eigenvalue weighted by Gasteiger charge is 2.16. The summed E-state index contributed by atoms with van der Waals surface area (Å²) in [6, 6.07) is 13.4. The van der Waals surface area contributed by atoms with Crippen molar-refractivity contribution in [3.05, 3.63) is 95.4 Å². The van der Waals surface area contributed by atoms with Crippen LogP contribution < -0.4 is 10.6 Å². The van der Waals surface area contributed by atoms with E-state index in [1.54, 1.807) is 12.1 Å². The number of rotatable bonds is 7. The molecule has 2 aromatic carbocycles. The predicted molar refractivity (Wildman–Crippen MR) is 147 cm³/mol. The Morgan fingerprint density at radius 2 is 1.72 bits per heavy atom. The summed E-state index contributed by atoms with van der Waals surface area (Å²) in [6.45, 7) is 6.79. The maximum absolute atomic E-state index is 15.0. The minimum absolute atomic E-state index is 0.0205. The summed E-state index contributed by atoms with van der Waals surface area (Å²) in [5, 5.41) is 5.68. The fourth-order valence-electron chi connectivity index (χ4n) is 4.38. The van der Waals surface area contributed by atoms with E-state index in [0.29, 0.717) is 11.3 Å². The van der Waals surface area contributed by atoms with Crippen LogP contribution in [-0.2, 0) is 6.54 Å². The first kappa shape index (κ1) is 26.3. The standard InChI is InChI=1S/C29H29F2N7O/c1-19-3-4-20(18-38-13-11-37(2)12-14-38)15-26(19)34-28(39)22-5-6-25(23(30)16-22)35-29-33-17-24(31)27(36-29)21-7-9-32-10-8-21/h3-10,15-17H,11-14,18H2,1-2H3,(H,34,39)(H,33,35,36). The minimum atomic E-state index is -0.665. The molecule has 200 valence electrons. The van der Waals surface area contributed by atoms with Crippen molar-refractivity contribution in [2.24, 2.45) is 0 Å². The minimum Gasteiger partial charge on any atom is -0.322 e. The zero-order valence-corrected chi connectivity index (χ0v) is 21.8. The van der Waals surface area contributed by atoms with E-state index in [2.05, 4.69) is 48.5 Å². The van der Waals surface area contributed by atoms with Crippen LogP contribution in [0.4, 0.5) is 26.1 Å². The summed E-state index contributed by atoms with van der Waals surface area (Å²) in [6.07, 6.45) is 4.07. The molecule has 0 unspecified atom stereocenters. The van der Waals surface area contributed by atoms with E-state index in [4.69, 9.17) is 0 Å². The number of amides is 1. The van der Waals surface area contributed by atoms with Crippen molar-refractivity contribution in [2.45, 2.75) is 13.5 Å². The third-order valence-corrected chi connectivity index (χ3v) is 6.73. The topological polar surface area (TPSA) is 86.3 Å². The maximum atomic E-state index is 15.0. The molecule has 0 bridgehead atoms. The summed E-state index contributed by atoms with van der Waals surface area (Å²) in [4.78, 5) is 29.7. The van der Waals surface area contributed by atoms with Gasteiger partial charge in [0.1, 0.15) is 11.5 Å². The van der Waals surface area contributed by atoms with Crippen LogP contribution in [0.2, 0.25) is 0 Å². The SMILES string of the molecule is Cc1ccc(CN2CCN(C)CC2)cc1NC(=O)c1ccc(Nc2ncc(F)c(-c3ccncc3)n2)c(F)c1. The number of nitrogens with one attached hydrogen (secondary N) is 2. The van der Waals surface area contributed by atoms with Gasteiger partial charge in [-0.25, -0.2) is 18.7 Å². The van der Waals surface area contributed by atoms with Gasteiger partial charge >= 0.3 is 0 Å². The van der Waals surface area contributed by atoms with E-state index in [9.17, 15) is 13.6 Å². The number of likely N-dealkylation sites (N-methyl/N-ethyl adjacent to an activating group) is 1. The molecular formula is C29H29F2N7O. The second kappa shape index (κ2) is 11.6. The van der Waals surface area contributed by atoms with Gasteiger partial charge < -0.3 is 15.5 Å². The van der Waals surface area contributed by atoms with Crippen LogP contribution in [0.1, 0.15) is 21.5 Å². The largest absolute Gasteiger partial charge is 0.322 e. The molecular weight excluding hydrogens is 500 g/mol. The number of nitrogens with zero attached hydrogens (tertiary/aromatic N) is 5. The van der Waals surface area contributed by atoms with Crippen LogP contribution >= 0.6 is 0 Å². The van der Waals surface area contributed by atoms with Crippen LogP contribution in [-0.4, -0.2) is 63.9 Å². The van der Waals surface area contributed by atoms with Gasteiger partial charge in [-0.15, -0.1) is 0 Å². The van der Waals surface area contributed by atoms with E-state index < -0.39 is 17.5 Å². The van der Waals surface area contributed by atoms with E-state index in [0.717, 1.165) is 56.1 Å². The second-order valence-electron chi connectivity index (χ2n) is 9.63. The quantitative estimate of drug-likeness (QED) is 0.353. The zero-order valence-electron chi connectivity index (χ0n) is 21.8. The molecule has 1 amide bonds. The van der Waals surface area contributed by atoms with Gasteiger partial charge in [0.25, 0.3) is 5.91 Å². The molecule has 10 heteroatoms. The Hall–Kier alpha value is -4.28. The Labute approximate surface area is 225 Å². The molecule has 2 N–H and O–H groups in total. The molecule has 1 fully saturated rings. The van der Waals surface area contributed by atoms with Crippen molar-refractivity contribution in [3.8, 4) is 11.3 Å². The van der Waals surface area contributed by atoms with Crippen molar-refractivity contribution < 1.29 is 13.6 Å². The molecule has 1 aliphatic heterocycles. The molecule has 3 heterocycles. The van der Waals surface area contributed by atoms with Gasteiger partial charge in [0.05, 0.1) is 11.9 Å². The Morgan fingerprint density at radius 1 is 0.949 bits per heavy atom. The van der Waals surface area contributed by atoms with Crippen LogP contribution in [0.3, 0.4) is 0 Å². The maximum Gasteiger partial charge on any atom is 0.255 e. The summed E-state index contributed by atoms with van der Waals surface area (Å²) >= 11 is 0. The van der Waals surface area contributed by atoms with E-state index in [-0.39, 0.29) is 22.9 Å². The molecule has 4 aromatic rings. The summed E-state index contributed by atoms with van der Waals surface area (Å²) in [7, 11) is 2.12. The fraction of sp³-hybridized carbons (Fsp3) is 0.241. The molecule has 0 spiro atoms. The van der Waals surface area contributed by atoms with Crippen molar-refractivity contribution in [2.75, 3.05) is 43.9 Å². The Morgan fingerprint density at radius 3 is 2.46 bits per heavy atom. The Bertz CT molecular complexity index is 1470. The Kier molecular flexibility index (Phi) is 7.85. The first-order valence-electron chi connectivity index (χ1n) is 12.7. The molecule has 5 rings (SSSR count). The molecule has 0 atom stereocenters. The summed E-state index contributed by atoms with van der Waals surface area (Å²) < 4.78 is 29.3. The molecule has 8 nitrogen and oxygen atoms in total. The van der Waals surface area contributed by atoms with Crippen LogP contribution in [0.15, 0.2) is 67.1 Å². The lowest BCUT2D eigenvalue weighted by molar-refractivity contribution is 0.102. The normalized spacial score (nSPS) is 14.3. The third-order valence-electron chi connectivity index (χ3n) is 6.73. The van der Waals surface area contributed by atoms with E-state index in [1.165, 1.54) is 24.5 Å². The first-order valence-corrected chi connectivity index (χ1v) is 12.7. The molecule has 1 saturated heterocycles. The second-order valence-corrected chi connectivity index (χ2v) is 9.63. The number of anilines is 3. The number of aryl methyl sites for hydroxylation is 1. The van der Waals surface area contributed by atoms with Crippen LogP contribution in [0.25, 0.3) is 11.3 Å². The van der Waals surface area contributed by atoms with Crippen molar-refractivity contribution >= 4 is 23.2 Å². The molecule has 1 aliphatic rings. The fourth-order valence-corrected chi connectivity index (χ4v) is 4.38. The number of carbonyl (C=O) groups excluding carboxylic acids is 1. The van der Waals surface area contributed by atoms with Gasteiger partial charge in [0.15, 0.2) is 5.82 Å². The highest BCUT2D eigenvalue weighted by molar-refractivity contribution is 6.05. The van der Waals surface area contributed by atoms with Gasteiger partial charge in [-0.1, -0.05) is 12.1 Å². The number of carbonyl (C=O) groups is 1.